The molecule has 2 heterocycles. The molecule has 2 aromatic rings. The highest BCUT2D eigenvalue weighted by molar-refractivity contribution is 5.97. The maximum Gasteiger partial charge on any atom is 0.256 e. The maximum absolute atomic E-state index is 12.9. The Morgan fingerprint density at radius 2 is 2.05 bits per heavy atom. The molecule has 3 rings (SSSR count). The maximum atomic E-state index is 12.9. The Kier molecular flexibility index (Phi) is 3.94. The third-order valence-corrected chi connectivity index (χ3v) is 4.28. The van der Waals surface area contributed by atoms with Gasteiger partial charge in [-0.3, -0.25) is 9.36 Å². The number of carbonyl (C=O) groups excluding carboxylic acids is 1. The molecule has 1 aliphatic heterocycles. The number of hydrogen-bond acceptors (Lipinski definition) is 4. The van der Waals surface area contributed by atoms with Gasteiger partial charge in [-0.1, -0.05) is 19.1 Å². The highest BCUT2D eigenvalue weighted by Gasteiger charge is 2.33. The van der Waals surface area contributed by atoms with Crippen LogP contribution < -0.4 is 0 Å². The van der Waals surface area contributed by atoms with Crippen LogP contribution >= 0.6 is 0 Å². The third kappa shape index (κ3) is 2.74. The van der Waals surface area contributed by atoms with E-state index in [0.717, 1.165) is 25.1 Å². The molecule has 0 radical (unpaired) electrons. The lowest BCUT2D eigenvalue weighted by Crippen LogP contribution is -2.46. The normalized spacial score (nSPS) is 21.8. The van der Waals surface area contributed by atoms with Gasteiger partial charge in [0.25, 0.3) is 5.91 Å². The number of carbonyl (C=O) groups is 1. The summed E-state index contributed by atoms with van der Waals surface area (Å²) >= 11 is 0. The number of hydrogen-bond donors (Lipinski definition) is 1. The fourth-order valence-corrected chi connectivity index (χ4v) is 2.99. The number of aliphatic hydroxyl groups excluding tert-OH is 1. The van der Waals surface area contributed by atoms with E-state index in [1.165, 1.54) is 0 Å². The zero-order chi connectivity index (χ0) is 15.6. The zero-order valence-electron chi connectivity index (χ0n) is 12.6. The zero-order valence-corrected chi connectivity index (χ0v) is 12.6. The minimum absolute atomic E-state index is 0.0105. The van der Waals surface area contributed by atoms with E-state index in [4.69, 9.17) is 0 Å². The van der Waals surface area contributed by atoms with Crippen LogP contribution in [0, 0.1) is 5.41 Å². The third-order valence-electron chi connectivity index (χ3n) is 4.28. The molecule has 1 aromatic heterocycles. The number of para-hydroxylation sites is 1. The molecule has 1 amide bonds. The van der Waals surface area contributed by atoms with Crippen LogP contribution in [0.25, 0.3) is 5.69 Å². The molecule has 1 saturated heterocycles. The van der Waals surface area contributed by atoms with Crippen molar-refractivity contribution in [1.29, 1.82) is 0 Å². The Balaban J connectivity index is 1.90. The molecular weight excluding hydrogens is 280 g/mol. The van der Waals surface area contributed by atoms with Gasteiger partial charge in [0.05, 0.1) is 17.9 Å². The first-order valence-corrected chi connectivity index (χ1v) is 7.47. The summed E-state index contributed by atoms with van der Waals surface area (Å²) in [5.41, 5.74) is 1.19. The molecule has 1 aromatic carbocycles. The Morgan fingerprint density at radius 1 is 1.32 bits per heavy atom. The van der Waals surface area contributed by atoms with E-state index in [1.807, 2.05) is 36.1 Å². The van der Waals surface area contributed by atoms with Crippen molar-refractivity contribution < 1.29 is 9.90 Å². The highest BCUT2D eigenvalue weighted by Crippen LogP contribution is 2.30. The van der Waals surface area contributed by atoms with E-state index in [-0.39, 0.29) is 17.9 Å². The first-order chi connectivity index (χ1) is 10.6. The van der Waals surface area contributed by atoms with Gasteiger partial charge in [-0.15, -0.1) is 10.2 Å². The van der Waals surface area contributed by atoms with Crippen molar-refractivity contribution >= 4 is 5.91 Å². The predicted molar refractivity (Wildman–Crippen MR) is 81.7 cm³/mol. The van der Waals surface area contributed by atoms with E-state index in [1.54, 1.807) is 17.2 Å². The Labute approximate surface area is 129 Å². The summed E-state index contributed by atoms with van der Waals surface area (Å²) in [6, 6.07) is 7.45. The van der Waals surface area contributed by atoms with Crippen molar-refractivity contribution in [2.75, 3.05) is 19.7 Å². The van der Waals surface area contributed by atoms with Crippen molar-refractivity contribution in [3.8, 4) is 5.69 Å². The monoisotopic (exact) mass is 300 g/mol. The number of aromatic nitrogens is 3. The molecule has 116 valence electrons. The summed E-state index contributed by atoms with van der Waals surface area (Å²) in [6.45, 7) is 3.44. The number of rotatable bonds is 3. The minimum atomic E-state index is -0.209. The summed E-state index contributed by atoms with van der Waals surface area (Å²) in [6.07, 6.45) is 5.03. The first kappa shape index (κ1) is 14.7. The van der Waals surface area contributed by atoms with E-state index in [9.17, 15) is 9.90 Å². The molecule has 1 N–H and O–H groups in total. The molecule has 1 aliphatic rings. The number of likely N-dealkylation sites (tertiary alicyclic amines) is 1. The van der Waals surface area contributed by atoms with Crippen molar-refractivity contribution in [2.24, 2.45) is 5.41 Å². The van der Waals surface area contributed by atoms with Crippen LogP contribution in [0.4, 0.5) is 0 Å². The SMILES string of the molecule is C[C@@]1(CO)CCCN(C(=O)c2ccccc2-n2cnnc2)C1. The fraction of sp³-hybridized carbons (Fsp3) is 0.438. The molecule has 0 bridgehead atoms. The topological polar surface area (TPSA) is 71.2 Å². The van der Waals surface area contributed by atoms with Gasteiger partial charge in [-0.2, -0.15) is 0 Å². The molecule has 0 saturated carbocycles. The van der Waals surface area contributed by atoms with Gasteiger partial charge in [0.15, 0.2) is 0 Å². The van der Waals surface area contributed by atoms with Crippen molar-refractivity contribution in [3.63, 3.8) is 0 Å². The van der Waals surface area contributed by atoms with Crippen LogP contribution in [0.3, 0.4) is 0 Å². The lowest BCUT2D eigenvalue weighted by molar-refractivity contribution is 0.0358. The van der Waals surface area contributed by atoms with Gasteiger partial charge < -0.3 is 10.0 Å². The summed E-state index contributed by atoms with van der Waals surface area (Å²) in [5.74, 6) is -0.0105. The Hall–Kier alpha value is -2.21. The van der Waals surface area contributed by atoms with Gasteiger partial charge in [-0.05, 0) is 25.0 Å². The molecular formula is C16H20N4O2. The molecule has 0 unspecified atom stereocenters. The molecule has 0 spiro atoms. The average molecular weight is 300 g/mol. The van der Waals surface area contributed by atoms with Crippen LogP contribution in [0.5, 0.6) is 0 Å². The van der Waals surface area contributed by atoms with Crippen LogP contribution in [0.15, 0.2) is 36.9 Å². The van der Waals surface area contributed by atoms with E-state index in [2.05, 4.69) is 10.2 Å². The van der Waals surface area contributed by atoms with Crippen molar-refractivity contribution in [2.45, 2.75) is 19.8 Å². The van der Waals surface area contributed by atoms with Crippen LogP contribution in [0.2, 0.25) is 0 Å². The lowest BCUT2D eigenvalue weighted by atomic mass is 9.82. The first-order valence-electron chi connectivity index (χ1n) is 7.47. The molecule has 6 nitrogen and oxygen atoms in total. The molecule has 0 aliphatic carbocycles. The largest absolute Gasteiger partial charge is 0.396 e. The Bertz CT molecular complexity index is 656. The van der Waals surface area contributed by atoms with Gasteiger partial charge >= 0.3 is 0 Å². The second kappa shape index (κ2) is 5.88. The van der Waals surface area contributed by atoms with E-state index >= 15 is 0 Å². The van der Waals surface area contributed by atoms with Crippen LogP contribution in [-0.4, -0.2) is 50.4 Å². The predicted octanol–water partition coefficient (Wildman–Crippen LogP) is 1.50. The van der Waals surface area contributed by atoms with E-state index < -0.39 is 0 Å². The van der Waals surface area contributed by atoms with Gasteiger partial charge in [-0.25, -0.2) is 0 Å². The van der Waals surface area contributed by atoms with Crippen molar-refractivity contribution in [3.05, 3.63) is 42.5 Å². The van der Waals surface area contributed by atoms with Gasteiger partial charge in [0, 0.05) is 18.5 Å². The number of amides is 1. The van der Waals surface area contributed by atoms with Gasteiger partial charge in [0.1, 0.15) is 12.7 Å². The fourth-order valence-electron chi connectivity index (χ4n) is 2.99. The number of piperidine rings is 1. The quantitative estimate of drug-likeness (QED) is 0.932. The summed E-state index contributed by atoms with van der Waals surface area (Å²) in [4.78, 5) is 14.7. The van der Waals surface area contributed by atoms with Crippen LogP contribution in [-0.2, 0) is 0 Å². The molecule has 6 heteroatoms. The number of benzene rings is 1. The highest BCUT2D eigenvalue weighted by atomic mass is 16.3. The molecule has 1 atom stereocenters. The number of nitrogens with zero attached hydrogens (tertiary/aromatic N) is 4. The van der Waals surface area contributed by atoms with E-state index in [0.29, 0.717) is 12.1 Å². The van der Waals surface area contributed by atoms with Crippen LogP contribution in [0.1, 0.15) is 30.1 Å². The smallest absolute Gasteiger partial charge is 0.256 e. The summed E-state index contributed by atoms with van der Waals surface area (Å²) < 4.78 is 1.74. The summed E-state index contributed by atoms with van der Waals surface area (Å²) in [7, 11) is 0. The molecule has 1 fully saturated rings. The number of aliphatic hydroxyl groups is 1. The lowest BCUT2D eigenvalue weighted by Gasteiger charge is -2.39. The van der Waals surface area contributed by atoms with Gasteiger partial charge in [0.2, 0.25) is 0 Å². The van der Waals surface area contributed by atoms with Crippen molar-refractivity contribution in [1.82, 2.24) is 19.7 Å². The standard InChI is InChI=1S/C16H20N4O2/c1-16(10-21)7-4-8-19(9-16)15(22)13-5-2-3-6-14(13)20-11-17-18-12-20/h2-3,5-6,11-12,21H,4,7-10H2,1H3/t16-/m1/s1. The second-order valence-electron chi connectivity index (χ2n) is 6.19. The summed E-state index contributed by atoms with van der Waals surface area (Å²) in [5, 5.41) is 17.2. The minimum Gasteiger partial charge on any atom is -0.396 e. The second-order valence-corrected chi connectivity index (χ2v) is 6.19. The Morgan fingerprint density at radius 3 is 2.77 bits per heavy atom. The average Bonchev–Trinajstić information content (AvgIpc) is 3.08. The molecule has 22 heavy (non-hydrogen) atoms.